The molecule has 2 aromatic carbocycles. The van der Waals surface area contributed by atoms with Gasteiger partial charge in [0.05, 0.1) is 22.3 Å². The Hall–Kier alpha value is -2.89. The zero-order valence-electron chi connectivity index (χ0n) is 20.1. The number of phenols is 2. The van der Waals surface area contributed by atoms with Gasteiger partial charge >= 0.3 is 0 Å². The third-order valence-electron chi connectivity index (χ3n) is 5.61. The van der Waals surface area contributed by atoms with E-state index in [9.17, 15) is 19.8 Å². The van der Waals surface area contributed by atoms with Crippen LogP contribution in [0.1, 0.15) is 31.8 Å². The third-order valence-corrected chi connectivity index (χ3v) is 5.61. The summed E-state index contributed by atoms with van der Waals surface area (Å²) in [7, 11) is 3.77. The summed E-state index contributed by atoms with van der Waals surface area (Å²) in [4.78, 5) is 27.0. The van der Waals surface area contributed by atoms with Crippen LogP contribution in [-0.4, -0.2) is 88.2 Å². The minimum absolute atomic E-state index is 0. The van der Waals surface area contributed by atoms with Crippen molar-refractivity contribution >= 4 is 35.3 Å². The van der Waals surface area contributed by atoms with Crippen LogP contribution >= 0.6 is 12.4 Å². The predicted octanol–water partition coefficient (Wildman–Crippen LogP) is 0.737. The fourth-order valence-corrected chi connectivity index (χ4v) is 3.91. The average Bonchev–Trinajstić information content (AvgIpc) is 2.83. The van der Waals surface area contributed by atoms with E-state index in [2.05, 4.69) is 31.9 Å². The zero-order valence-corrected chi connectivity index (χ0v) is 20.9. The minimum Gasteiger partial charge on any atom is -0.507 e. The van der Waals surface area contributed by atoms with Crippen LogP contribution in [0, 0.1) is 0 Å². The van der Waals surface area contributed by atoms with E-state index in [4.69, 9.17) is 0 Å². The zero-order chi connectivity index (χ0) is 24.5. The van der Waals surface area contributed by atoms with E-state index in [1.165, 1.54) is 12.1 Å². The number of carbonyl (C=O) groups is 2. The van der Waals surface area contributed by atoms with Crippen molar-refractivity contribution in [2.24, 2.45) is 0 Å². The molecule has 0 saturated carbocycles. The van der Waals surface area contributed by atoms with Gasteiger partial charge in [-0.15, -0.1) is 12.4 Å². The number of fused-ring (bicyclic) bond motifs is 2. The maximum Gasteiger partial charge on any atom is 0.200 e. The average molecular weight is 507 g/mol. The highest BCUT2D eigenvalue weighted by molar-refractivity contribution is 6.33. The molecule has 0 aliphatic heterocycles. The highest BCUT2D eigenvalue weighted by Gasteiger charge is 2.37. The molecule has 10 nitrogen and oxygen atoms in total. The number of carbonyl (C=O) groups excluding carboxylic acids is 2. The molecule has 0 atom stereocenters. The lowest BCUT2D eigenvalue weighted by Crippen LogP contribution is -2.30. The molecule has 1 aliphatic carbocycles. The van der Waals surface area contributed by atoms with Crippen molar-refractivity contribution in [3.63, 3.8) is 0 Å². The van der Waals surface area contributed by atoms with Gasteiger partial charge in [0.1, 0.15) is 11.5 Å². The van der Waals surface area contributed by atoms with Gasteiger partial charge in [-0.05, 0) is 38.4 Å². The molecule has 0 spiro atoms. The molecule has 0 fully saturated rings. The number of benzene rings is 2. The fraction of sp³-hybridized carbons (Fsp3) is 0.417. The van der Waals surface area contributed by atoms with Crippen LogP contribution in [0.15, 0.2) is 24.3 Å². The number of aromatic hydroxyl groups is 2. The molecule has 0 saturated heterocycles. The number of nitrogens with one attached hydrogen (secondary N) is 6. The summed E-state index contributed by atoms with van der Waals surface area (Å²) in [6.07, 6.45) is 0. The van der Waals surface area contributed by atoms with Gasteiger partial charge in [0.25, 0.3) is 0 Å². The molecule has 0 unspecified atom stereocenters. The van der Waals surface area contributed by atoms with Crippen LogP contribution in [0.4, 0.5) is 11.4 Å². The van der Waals surface area contributed by atoms with Crippen LogP contribution in [0.25, 0.3) is 0 Å². The molecule has 1 aliphatic rings. The topological polar surface area (TPSA) is 147 Å². The number of rotatable bonds is 14. The maximum absolute atomic E-state index is 13.5. The number of hydrogen-bond acceptors (Lipinski definition) is 10. The van der Waals surface area contributed by atoms with Crippen molar-refractivity contribution in [1.82, 2.24) is 21.3 Å². The number of likely N-dealkylation sites (N-methyl/N-ethyl adjacent to an activating group) is 2. The number of halogens is 1. The molecule has 0 radical (unpaired) electrons. The van der Waals surface area contributed by atoms with Gasteiger partial charge < -0.3 is 42.1 Å². The smallest absolute Gasteiger partial charge is 0.200 e. The Morgan fingerprint density at radius 2 is 0.943 bits per heavy atom. The third kappa shape index (κ3) is 6.62. The largest absolute Gasteiger partial charge is 0.507 e. The molecule has 3 rings (SSSR count). The van der Waals surface area contributed by atoms with E-state index < -0.39 is 11.6 Å². The second-order valence-corrected chi connectivity index (χ2v) is 7.98. The molecule has 192 valence electrons. The Bertz CT molecular complexity index is 954. The summed E-state index contributed by atoms with van der Waals surface area (Å²) in [5.41, 5.74) is 1.07. The van der Waals surface area contributed by atoms with Crippen molar-refractivity contribution in [3.8, 4) is 11.5 Å². The summed E-state index contributed by atoms with van der Waals surface area (Å²) in [5.74, 6) is -1.66. The van der Waals surface area contributed by atoms with E-state index in [1.807, 2.05) is 14.1 Å². The molecule has 2 aromatic rings. The summed E-state index contributed by atoms with van der Waals surface area (Å²) >= 11 is 0. The minimum atomic E-state index is -0.501. The van der Waals surface area contributed by atoms with Gasteiger partial charge in [-0.3, -0.25) is 9.59 Å². The highest BCUT2D eigenvalue weighted by atomic mass is 35.5. The Morgan fingerprint density at radius 1 is 0.571 bits per heavy atom. The molecule has 0 amide bonds. The van der Waals surface area contributed by atoms with Crippen molar-refractivity contribution < 1.29 is 19.8 Å². The molecule has 0 bridgehead atoms. The second kappa shape index (κ2) is 13.9. The number of ketones is 2. The first-order chi connectivity index (χ1) is 16.5. The van der Waals surface area contributed by atoms with Gasteiger partial charge in [0, 0.05) is 63.7 Å². The predicted molar refractivity (Wildman–Crippen MR) is 141 cm³/mol. The Labute approximate surface area is 211 Å². The van der Waals surface area contributed by atoms with Crippen LogP contribution in [0.3, 0.4) is 0 Å². The molecule has 11 heteroatoms. The first kappa shape index (κ1) is 28.3. The standard InChI is InChI=1S/C24H34N6O4.ClH/c1-25-7-9-27-11-13-29-15-3-4-16(30-14-12-28-10-8-26-2)20-19(15)23(33)21-17(31)5-6-18(32)22(21)24(20)34;/h3-6,25-32H,7-14H2,1-2H3;1H. The molecular weight excluding hydrogens is 472 g/mol. The van der Waals surface area contributed by atoms with Gasteiger partial charge in [-0.25, -0.2) is 0 Å². The quantitative estimate of drug-likeness (QED) is 0.116. The van der Waals surface area contributed by atoms with Gasteiger partial charge in [-0.2, -0.15) is 0 Å². The first-order valence-electron chi connectivity index (χ1n) is 11.5. The van der Waals surface area contributed by atoms with E-state index in [1.54, 1.807) is 12.1 Å². The van der Waals surface area contributed by atoms with Crippen molar-refractivity contribution in [1.29, 1.82) is 0 Å². The van der Waals surface area contributed by atoms with Crippen molar-refractivity contribution in [2.75, 3.05) is 77.1 Å². The number of anilines is 2. The lowest BCUT2D eigenvalue weighted by atomic mass is 9.81. The lowest BCUT2D eigenvalue weighted by Gasteiger charge is -2.25. The summed E-state index contributed by atoms with van der Waals surface area (Å²) in [6.45, 7) is 5.70. The fourth-order valence-electron chi connectivity index (χ4n) is 3.91. The van der Waals surface area contributed by atoms with E-state index in [0.29, 0.717) is 37.6 Å². The van der Waals surface area contributed by atoms with E-state index in [-0.39, 0.29) is 46.2 Å². The summed E-state index contributed by atoms with van der Waals surface area (Å²) in [6, 6.07) is 5.97. The Balaban J connectivity index is 0.00000432. The molecule has 0 heterocycles. The van der Waals surface area contributed by atoms with E-state index in [0.717, 1.165) is 26.2 Å². The van der Waals surface area contributed by atoms with Crippen molar-refractivity contribution in [3.05, 3.63) is 46.5 Å². The lowest BCUT2D eigenvalue weighted by molar-refractivity contribution is 0.0975. The normalized spacial score (nSPS) is 12.1. The van der Waals surface area contributed by atoms with Gasteiger partial charge in [-0.1, -0.05) is 0 Å². The van der Waals surface area contributed by atoms with Crippen molar-refractivity contribution in [2.45, 2.75) is 0 Å². The molecule has 0 aromatic heterocycles. The number of phenolic OH excluding ortho intramolecular Hbond substituents is 2. The molecule has 8 N–H and O–H groups in total. The monoisotopic (exact) mass is 506 g/mol. The highest BCUT2D eigenvalue weighted by Crippen LogP contribution is 2.42. The molecular formula is C24H35ClN6O4. The van der Waals surface area contributed by atoms with Crippen LogP contribution in [0.5, 0.6) is 11.5 Å². The SMILES string of the molecule is CNCCNCCNc1ccc(NCCNCCNC)c2c1C(=O)c1c(O)ccc(O)c1C2=O.Cl. The van der Waals surface area contributed by atoms with Gasteiger partial charge in [0.2, 0.25) is 11.6 Å². The molecule has 35 heavy (non-hydrogen) atoms. The maximum atomic E-state index is 13.5. The van der Waals surface area contributed by atoms with Crippen LogP contribution in [-0.2, 0) is 0 Å². The van der Waals surface area contributed by atoms with E-state index >= 15 is 0 Å². The van der Waals surface area contributed by atoms with Gasteiger partial charge in [0.15, 0.2) is 0 Å². The first-order valence-corrected chi connectivity index (χ1v) is 11.5. The Morgan fingerprint density at radius 3 is 1.31 bits per heavy atom. The Kier molecular flexibility index (Phi) is 11.2. The van der Waals surface area contributed by atoms with Crippen LogP contribution in [0.2, 0.25) is 0 Å². The second-order valence-electron chi connectivity index (χ2n) is 7.98. The summed E-state index contributed by atoms with van der Waals surface area (Å²) < 4.78 is 0. The summed E-state index contributed by atoms with van der Waals surface area (Å²) in [5, 5.41) is 39.8. The number of hydrogen-bond donors (Lipinski definition) is 8. The van der Waals surface area contributed by atoms with Crippen LogP contribution < -0.4 is 31.9 Å².